The van der Waals surface area contributed by atoms with Gasteiger partial charge in [-0.2, -0.15) is 0 Å². The molecule has 1 N–H and O–H groups in total. The predicted octanol–water partition coefficient (Wildman–Crippen LogP) is 4.88. The van der Waals surface area contributed by atoms with Crippen LogP contribution in [0.3, 0.4) is 0 Å². The second-order valence-electron chi connectivity index (χ2n) is 7.67. The summed E-state index contributed by atoms with van der Waals surface area (Å²) in [6.45, 7) is 0. The number of methoxy groups -OCH3 is 1. The molecule has 1 heterocycles. The molecular formula is C28H23N3O4. The summed E-state index contributed by atoms with van der Waals surface area (Å²) in [7, 11) is 1.34. The summed E-state index contributed by atoms with van der Waals surface area (Å²) in [6, 6.07) is 23.8. The van der Waals surface area contributed by atoms with E-state index in [1.54, 1.807) is 24.3 Å². The molecule has 0 saturated carbocycles. The van der Waals surface area contributed by atoms with E-state index < -0.39 is 5.97 Å². The number of benzene rings is 3. The van der Waals surface area contributed by atoms with Crippen molar-refractivity contribution in [1.29, 1.82) is 0 Å². The van der Waals surface area contributed by atoms with E-state index in [1.807, 2.05) is 54.6 Å². The van der Waals surface area contributed by atoms with E-state index in [0.29, 0.717) is 47.9 Å². The third-order valence-corrected chi connectivity index (χ3v) is 5.06. The van der Waals surface area contributed by atoms with Crippen molar-refractivity contribution >= 4 is 17.6 Å². The molecule has 3 aromatic carbocycles. The van der Waals surface area contributed by atoms with Crippen LogP contribution in [-0.4, -0.2) is 29.2 Å². The van der Waals surface area contributed by atoms with Crippen LogP contribution in [0.5, 0.6) is 0 Å². The number of hydrogen-bond acceptors (Lipinski definition) is 6. The van der Waals surface area contributed by atoms with Crippen LogP contribution in [0.1, 0.15) is 40.2 Å². The number of carbonyl (C=O) groups excluding carboxylic acids is 2. The van der Waals surface area contributed by atoms with Gasteiger partial charge in [-0.25, -0.2) is 4.79 Å². The normalized spacial score (nSPS) is 10.2. The third-order valence-electron chi connectivity index (χ3n) is 5.06. The fourth-order valence-electron chi connectivity index (χ4n) is 3.34. The number of carbonyl (C=O) groups is 2. The Labute approximate surface area is 203 Å². The number of anilines is 1. The second kappa shape index (κ2) is 11.4. The number of esters is 1. The molecule has 35 heavy (non-hydrogen) atoms. The van der Waals surface area contributed by atoms with Gasteiger partial charge < -0.3 is 14.5 Å². The first-order chi connectivity index (χ1) is 17.1. The molecule has 174 valence electrons. The number of ether oxygens (including phenoxy) is 1. The van der Waals surface area contributed by atoms with E-state index in [4.69, 9.17) is 9.15 Å². The molecule has 0 unspecified atom stereocenters. The van der Waals surface area contributed by atoms with Gasteiger partial charge in [-0.1, -0.05) is 42.2 Å². The maximum atomic E-state index is 12.4. The molecule has 0 atom stereocenters. The Morgan fingerprint density at radius 2 is 1.66 bits per heavy atom. The summed E-state index contributed by atoms with van der Waals surface area (Å²) >= 11 is 0. The zero-order valence-corrected chi connectivity index (χ0v) is 19.2. The monoisotopic (exact) mass is 465 g/mol. The highest BCUT2D eigenvalue weighted by molar-refractivity contribution is 5.91. The predicted molar refractivity (Wildman–Crippen MR) is 132 cm³/mol. The molecule has 1 amide bonds. The van der Waals surface area contributed by atoms with Crippen molar-refractivity contribution in [3.8, 4) is 23.3 Å². The fraction of sp³-hybridized carbons (Fsp3) is 0.143. The lowest BCUT2D eigenvalue weighted by atomic mass is 10.1. The van der Waals surface area contributed by atoms with Crippen LogP contribution in [0.15, 0.2) is 83.3 Å². The van der Waals surface area contributed by atoms with Gasteiger partial charge in [0.1, 0.15) is 0 Å². The molecule has 0 radical (unpaired) electrons. The Hall–Kier alpha value is -4.70. The van der Waals surface area contributed by atoms with Crippen molar-refractivity contribution in [2.75, 3.05) is 12.4 Å². The first-order valence-electron chi connectivity index (χ1n) is 11.1. The van der Waals surface area contributed by atoms with E-state index in [9.17, 15) is 9.59 Å². The third kappa shape index (κ3) is 6.65. The number of amides is 1. The van der Waals surface area contributed by atoms with Gasteiger partial charge >= 0.3 is 5.97 Å². The van der Waals surface area contributed by atoms with E-state index in [-0.39, 0.29) is 5.91 Å². The van der Waals surface area contributed by atoms with E-state index in [2.05, 4.69) is 27.4 Å². The van der Waals surface area contributed by atoms with E-state index >= 15 is 0 Å². The summed E-state index contributed by atoms with van der Waals surface area (Å²) in [6.07, 6.45) is 1.42. The highest BCUT2D eigenvalue weighted by Gasteiger charge is 2.10. The van der Waals surface area contributed by atoms with Crippen LogP contribution in [0.2, 0.25) is 0 Å². The standard InChI is InChI=1S/C28H23N3O4/c1-34-28(33)23-12-5-8-20(18-23)16-17-21-9-6-13-24(19-21)29-25(32)14-7-15-26-30-31-27(35-26)22-10-3-2-4-11-22/h2-6,8-13,18-19H,7,14-15H2,1H3,(H,29,32). The van der Waals surface area contributed by atoms with Crippen LogP contribution in [0, 0.1) is 11.8 Å². The smallest absolute Gasteiger partial charge is 0.337 e. The summed E-state index contributed by atoms with van der Waals surface area (Å²) in [5.74, 6) is 6.55. The molecule has 0 saturated heterocycles. The number of nitrogens with zero attached hydrogens (tertiary/aromatic N) is 2. The van der Waals surface area contributed by atoms with Gasteiger partial charge in [0.25, 0.3) is 0 Å². The summed E-state index contributed by atoms with van der Waals surface area (Å²) < 4.78 is 10.4. The first kappa shape index (κ1) is 23.5. The van der Waals surface area contributed by atoms with Gasteiger partial charge in [0, 0.05) is 35.2 Å². The largest absolute Gasteiger partial charge is 0.465 e. The maximum absolute atomic E-state index is 12.4. The number of rotatable bonds is 7. The minimum atomic E-state index is -0.408. The number of hydrogen-bond donors (Lipinski definition) is 1. The number of aryl methyl sites for hydroxylation is 1. The fourth-order valence-corrected chi connectivity index (χ4v) is 3.34. The lowest BCUT2D eigenvalue weighted by Gasteiger charge is -2.05. The van der Waals surface area contributed by atoms with Gasteiger partial charge in [0.2, 0.25) is 17.7 Å². The highest BCUT2D eigenvalue weighted by Crippen LogP contribution is 2.18. The van der Waals surface area contributed by atoms with Crippen molar-refractivity contribution in [3.63, 3.8) is 0 Å². The zero-order valence-electron chi connectivity index (χ0n) is 19.2. The lowest BCUT2D eigenvalue weighted by molar-refractivity contribution is -0.116. The van der Waals surface area contributed by atoms with Gasteiger partial charge in [-0.3, -0.25) is 4.79 Å². The maximum Gasteiger partial charge on any atom is 0.337 e. The minimum Gasteiger partial charge on any atom is -0.465 e. The first-order valence-corrected chi connectivity index (χ1v) is 11.1. The SMILES string of the molecule is COC(=O)c1cccc(C#Cc2cccc(NC(=O)CCCc3nnc(-c4ccccc4)o3)c2)c1. The highest BCUT2D eigenvalue weighted by atomic mass is 16.5. The van der Waals surface area contributed by atoms with Crippen molar-refractivity contribution in [2.24, 2.45) is 0 Å². The lowest BCUT2D eigenvalue weighted by Crippen LogP contribution is -2.11. The molecule has 7 nitrogen and oxygen atoms in total. The molecule has 0 spiro atoms. The molecule has 0 aliphatic heterocycles. The Balaban J connectivity index is 1.30. The zero-order chi connectivity index (χ0) is 24.5. The minimum absolute atomic E-state index is 0.108. The summed E-state index contributed by atoms with van der Waals surface area (Å²) in [5, 5.41) is 11.0. The number of nitrogens with one attached hydrogen (secondary N) is 1. The van der Waals surface area contributed by atoms with Crippen LogP contribution >= 0.6 is 0 Å². The van der Waals surface area contributed by atoms with E-state index in [0.717, 1.165) is 11.1 Å². The van der Waals surface area contributed by atoms with Gasteiger partial charge in [-0.05, 0) is 55.0 Å². The van der Waals surface area contributed by atoms with Crippen molar-refractivity contribution < 1.29 is 18.7 Å². The van der Waals surface area contributed by atoms with Crippen LogP contribution < -0.4 is 5.32 Å². The quantitative estimate of drug-likeness (QED) is 0.309. The molecule has 0 aliphatic rings. The van der Waals surface area contributed by atoms with Crippen LogP contribution in [-0.2, 0) is 16.0 Å². The van der Waals surface area contributed by atoms with Crippen molar-refractivity contribution in [2.45, 2.75) is 19.3 Å². The average molecular weight is 466 g/mol. The van der Waals surface area contributed by atoms with Crippen molar-refractivity contribution in [3.05, 3.63) is 101 Å². The average Bonchev–Trinajstić information content (AvgIpc) is 3.37. The van der Waals surface area contributed by atoms with Crippen LogP contribution in [0.4, 0.5) is 5.69 Å². The van der Waals surface area contributed by atoms with Crippen molar-refractivity contribution in [1.82, 2.24) is 10.2 Å². The summed E-state index contributed by atoms with van der Waals surface area (Å²) in [4.78, 5) is 24.1. The van der Waals surface area contributed by atoms with Gasteiger partial charge in [0.15, 0.2) is 0 Å². The molecular weight excluding hydrogens is 442 g/mol. The van der Waals surface area contributed by atoms with E-state index in [1.165, 1.54) is 7.11 Å². The molecule has 7 heteroatoms. The second-order valence-corrected chi connectivity index (χ2v) is 7.67. The van der Waals surface area contributed by atoms with Gasteiger partial charge in [0.05, 0.1) is 12.7 Å². The summed E-state index contributed by atoms with van der Waals surface area (Å²) in [5.41, 5.74) is 3.40. The Kier molecular flexibility index (Phi) is 7.66. The Morgan fingerprint density at radius 1 is 0.914 bits per heavy atom. The molecule has 1 aromatic heterocycles. The molecule has 4 rings (SSSR count). The molecule has 0 aliphatic carbocycles. The Morgan fingerprint density at radius 3 is 2.43 bits per heavy atom. The Bertz CT molecular complexity index is 1380. The van der Waals surface area contributed by atoms with Crippen LogP contribution in [0.25, 0.3) is 11.5 Å². The van der Waals surface area contributed by atoms with Gasteiger partial charge in [-0.15, -0.1) is 10.2 Å². The topological polar surface area (TPSA) is 94.3 Å². The molecule has 0 fully saturated rings. The molecule has 4 aromatic rings. The number of aromatic nitrogens is 2. The molecule has 0 bridgehead atoms.